The summed E-state index contributed by atoms with van der Waals surface area (Å²) in [5.74, 6) is 0. The second-order valence-corrected chi connectivity index (χ2v) is 6.03. The van der Waals surface area contributed by atoms with Gasteiger partial charge in [0.05, 0.1) is 12.2 Å². The summed E-state index contributed by atoms with van der Waals surface area (Å²) in [7, 11) is 0. The maximum absolute atomic E-state index is 11.8. The highest BCUT2D eigenvalue weighted by molar-refractivity contribution is 7.20. The molecule has 21 heavy (non-hydrogen) atoms. The molecule has 0 bridgehead atoms. The quantitative estimate of drug-likeness (QED) is 0.778. The maximum Gasteiger partial charge on any atom is 0.275 e. The van der Waals surface area contributed by atoms with Gasteiger partial charge >= 0.3 is 0 Å². The Morgan fingerprint density at radius 2 is 2.33 bits per heavy atom. The van der Waals surface area contributed by atoms with Crippen LogP contribution >= 0.6 is 11.3 Å². The molecule has 1 aliphatic rings. The number of anilines is 1. The van der Waals surface area contributed by atoms with E-state index in [9.17, 15) is 4.79 Å². The first kappa shape index (κ1) is 12.5. The molecule has 0 saturated carbocycles. The highest BCUT2D eigenvalue weighted by atomic mass is 32.1. The molecule has 1 N–H and O–H groups in total. The lowest BCUT2D eigenvalue weighted by atomic mass is 9.98. The van der Waals surface area contributed by atoms with E-state index < -0.39 is 0 Å². The van der Waals surface area contributed by atoms with Gasteiger partial charge in [-0.05, 0) is 19.3 Å². The van der Waals surface area contributed by atoms with Crippen molar-refractivity contribution in [3.05, 3.63) is 40.6 Å². The predicted octanol–water partition coefficient (Wildman–Crippen LogP) is 1.61. The second kappa shape index (κ2) is 4.96. The van der Waals surface area contributed by atoms with Gasteiger partial charge in [-0.3, -0.25) is 9.89 Å². The van der Waals surface area contributed by atoms with Crippen molar-refractivity contribution in [3.8, 4) is 0 Å². The number of hydrogen-bond acceptors (Lipinski definition) is 6. The second-order valence-electron chi connectivity index (χ2n) is 5.10. The molecule has 0 radical (unpaired) electrons. The normalized spacial score (nSPS) is 19.2. The van der Waals surface area contributed by atoms with Crippen LogP contribution in [0.25, 0.3) is 4.96 Å². The van der Waals surface area contributed by atoms with Crippen molar-refractivity contribution in [2.24, 2.45) is 0 Å². The number of fused-ring (bicyclic) bond motifs is 1. The molecule has 4 heterocycles. The fourth-order valence-electron chi connectivity index (χ4n) is 2.80. The van der Waals surface area contributed by atoms with Crippen molar-refractivity contribution in [1.82, 2.24) is 24.8 Å². The lowest BCUT2D eigenvalue weighted by Crippen LogP contribution is -2.33. The number of hydrogen-bond donors (Lipinski definition) is 1. The van der Waals surface area contributed by atoms with E-state index >= 15 is 0 Å². The molecule has 0 spiro atoms. The zero-order valence-corrected chi connectivity index (χ0v) is 12.1. The third-order valence-corrected chi connectivity index (χ3v) is 4.77. The summed E-state index contributed by atoms with van der Waals surface area (Å²) >= 11 is 1.46. The number of aromatic nitrogens is 5. The van der Waals surface area contributed by atoms with Crippen molar-refractivity contribution in [2.45, 2.75) is 25.3 Å². The van der Waals surface area contributed by atoms with Crippen LogP contribution in [0.5, 0.6) is 0 Å². The minimum atomic E-state index is -0.139. The third-order valence-electron chi connectivity index (χ3n) is 3.81. The lowest BCUT2D eigenvalue weighted by Gasteiger charge is -2.34. The van der Waals surface area contributed by atoms with E-state index in [4.69, 9.17) is 0 Å². The van der Waals surface area contributed by atoms with E-state index in [1.165, 1.54) is 34.5 Å². The molecule has 0 aromatic carbocycles. The molecule has 1 saturated heterocycles. The molecule has 0 aliphatic carbocycles. The maximum atomic E-state index is 11.8. The van der Waals surface area contributed by atoms with Crippen molar-refractivity contribution >= 4 is 21.4 Å². The van der Waals surface area contributed by atoms with Crippen LogP contribution < -0.4 is 10.5 Å². The van der Waals surface area contributed by atoms with Crippen LogP contribution in [0.4, 0.5) is 5.13 Å². The Morgan fingerprint density at radius 1 is 1.38 bits per heavy atom. The molecule has 4 rings (SSSR count). The van der Waals surface area contributed by atoms with E-state index in [2.05, 4.69) is 25.2 Å². The van der Waals surface area contributed by atoms with E-state index in [1.807, 2.05) is 12.4 Å². The Kier molecular flexibility index (Phi) is 2.95. The zero-order valence-electron chi connectivity index (χ0n) is 11.3. The molecule has 1 atom stereocenters. The molecule has 7 nitrogen and oxygen atoms in total. The molecular formula is C13H14N6OS. The van der Waals surface area contributed by atoms with Gasteiger partial charge in [0.1, 0.15) is 0 Å². The zero-order chi connectivity index (χ0) is 14.2. The Balaban J connectivity index is 1.78. The van der Waals surface area contributed by atoms with Crippen LogP contribution in [-0.2, 0) is 0 Å². The van der Waals surface area contributed by atoms with Crippen LogP contribution in [0.15, 0.2) is 29.5 Å². The highest BCUT2D eigenvalue weighted by Gasteiger charge is 2.27. The summed E-state index contributed by atoms with van der Waals surface area (Å²) in [6, 6.07) is 1.69. The van der Waals surface area contributed by atoms with Crippen molar-refractivity contribution in [1.29, 1.82) is 0 Å². The SMILES string of the molecule is O=c1ccnc2sc(N3CCCCC3c3cn[nH]c3)nn12. The fourth-order valence-corrected chi connectivity index (χ4v) is 3.75. The standard InChI is InChI=1S/C13H14N6OS/c20-11-4-5-14-12-19(11)17-13(21-12)18-6-2-1-3-10(18)9-7-15-16-8-9/h4-5,7-8,10H,1-3,6H2,(H,15,16). The minimum Gasteiger partial charge on any atom is -0.339 e. The number of rotatable bonds is 2. The largest absolute Gasteiger partial charge is 0.339 e. The first-order chi connectivity index (χ1) is 10.3. The lowest BCUT2D eigenvalue weighted by molar-refractivity contribution is 0.471. The molecule has 108 valence electrons. The first-order valence-electron chi connectivity index (χ1n) is 6.93. The van der Waals surface area contributed by atoms with Gasteiger partial charge in [0, 0.05) is 30.6 Å². The van der Waals surface area contributed by atoms with Gasteiger partial charge in [0.2, 0.25) is 10.1 Å². The summed E-state index contributed by atoms with van der Waals surface area (Å²) in [6.07, 6.45) is 8.71. The minimum absolute atomic E-state index is 0.139. The Hall–Kier alpha value is -2.22. The topological polar surface area (TPSA) is 79.2 Å². The van der Waals surface area contributed by atoms with Crippen LogP contribution in [0.2, 0.25) is 0 Å². The predicted molar refractivity (Wildman–Crippen MR) is 79.7 cm³/mol. The van der Waals surface area contributed by atoms with Crippen LogP contribution in [0.1, 0.15) is 30.9 Å². The molecule has 0 amide bonds. The molecule has 3 aromatic rings. The Bertz CT molecular complexity index is 808. The molecule has 1 fully saturated rings. The van der Waals surface area contributed by atoms with Crippen molar-refractivity contribution in [2.75, 3.05) is 11.4 Å². The number of piperidine rings is 1. The molecule has 1 unspecified atom stereocenters. The monoisotopic (exact) mass is 302 g/mol. The van der Waals surface area contributed by atoms with Gasteiger partial charge in [-0.15, -0.1) is 5.10 Å². The van der Waals surface area contributed by atoms with Gasteiger partial charge in [-0.2, -0.15) is 9.61 Å². The third kappa shape index (κ3) is 2.11. The smallest absolute Gasteiger partial charge is 0.275 e. The van der Waals surface area contributed by atoms with Crippen molar-refractivity contribution in [3.63, 3.8) is 0 Å². The van der Waals surface area contributed by atoms with E-state index in [0.717, 1.165) is 30.1 Å². The van der Waals surface area contributed by atoms with Crippen LogP contribution in [0.3, 0.4) is 0 Å². The van der Waals surface area contributed by atoms with Gasteiger partial charge in [-0.25, -0.2) is 4.98 Å². The highest BCUT2D eigenvalue weighted by Crippen LogP contribution is 2.36. The van der Waals surface area contributed by atoms with Gasteiger partial charge in [0.25, 0.3) is 5.56 Å². The average molecular weight is 302 g/mol. The number of aromatic amines is 1. The first-order valence-corrected chi connectivity index (χ1v) is 7.75. The van der Waals surface area contributed by atoms with E-state index in [-0.39, 0.29) is 11.6 Å². The summed E-state index contributed by atoms with van der Waals surface area (Å²) in [6.45, 7) is 0.935. The summed E-state index contributed by atoms with van der Waals surface area (Å²) < 4.78 is 1.38. The van der Waals surface area contributed by atoms with E-state index in [0.29, 0.717) is 4.96 Å². The number of nitrogens with zero attached hydrogens (tertiary/aromatic N) is 5. The number of H-pyrrole nitrogens is 1. The molecule has 8 heteroatoms. The fraction of sp³-hybridized carbons (Fsp3) is 0.385. The van der Waals surface area contributed by atoms with Crippen LogP contribution in [-0.4, -0.2) is 31.3 Å². The van der Waals surface area contributed by atoms with E-state index in [1.54, 1.807) is 0 Å². The Labute approximate surface area is 124 Å². The summed E-state index contributed by atoms with van der Waals surface area (Å²) in [5.41, 5.74) is 1.02. The molecular weight excluding hydrogens is 288 g/mol. The Morgan fingerprint density at radius 3 is 3.14 bits per heavy atom. The molecule has 1 aliphatic heterocycles. The number of nitrogens with one attached hydrogen (secondary N) is 1. The van der Waals surface area contributed by atoms with Gasteiger partial charge in [0.15, 0.2) is 0 Å². The summed E-state index contributed by atoms with van der Waals surface area (Å²) in [4.78, 5) is 18.9. The van der Waals surface area contributed by atoms with Crippen molar-refractivity contribution < 1.29 is 0 Å². The average Bonchev–Trinajstić information content (AvgIpc) is 3.17. The van der Waals surface area contributed by atoms with Crippen LogP contribution in [0, 0.1) is 0 Å². The van der Waals surface area contributed by atoms with Gasteiger partial charge < -0.3 is 4.90 Å². The summed E-state index contributed by atoms with van der Waals surface area (Å²) in [5, 5.41) is 12.2. The molecule has 3 aromatic heterocycles. The van der Waals surface area contributed by atoms with Gasteiger partial charge in [-0.1, -0.05) is 11.3 Å².